The molecule has 164 valence electrons. The SMILES string of the molecule is CCOc1cc(/C=N/NC(=O)c2ccc(O)cc2)ccc1OCC(=O)N1CCCCC1. The van der Waals surface area contributed by atoms with Gasteiger partial charge >= 0.3 is 0 Å². The number of nitrogens with one attached hydrogen (secondary N) is 1. The van der Waals surface area contributed by atoms with E-state index in [9.17, 15) is 14.7 Å². The molecule has 0 bridgehead atoms. The summed E-state index contributed by atoms with van der Waals surface area (Å²) in [5.41, 5.74) is 3.52. The van der Waals surface area contributed by atoms with Crippen molar-refractivity contribution in [1.82, 2.24) is 10.3 Å². The van der Waals surface area contributed by atoms with E-state index in [0.717, 1.165) is 32.4 Å². The summed E-state index contributed by atoms with van der Waals surface area (Å²) in [4.78, 5) is 26.2. The average molecular weight is 425 g/mol. The molecule has 8 heteroatoms. The summed E-state index contributed by atoms with van der Waals surface area (Å²) in [7, 11) is 0. The number of benzene rings is 2. The fourth-order valence-corrected chi connectivity index (χ4v) is 3.21. The van der Waals surface area contributed by atoms with Gasteiger partial charge in [0.2, 0.25) is 0 Å². The van der Waals surface area contributed by atoms with E-state index >= 15 is 0 Å². The predicted octanol–water partition coefficient (Wildman–Crippen LogP) is 2.95. The highest BCUT2D eigenvalue weighted by Crippen LogP contribution is 2.28. The van der Waals surface area contributed by atoms with Gasteiger partial charge in [-0.05, 0) is 74.2 Å². The molecule has 2 amide bonds. The molecule has 8 nitrogen and oxygen atoms in total. The number of ether oxygens (including phenoxy) is 2. The van der Waals surface area contributed by atoms with Crippen LogP contribution in [-0.2, 0) is 4.79 Å². The Morgan fingerprint density at radius 2 is 1.81 bits per heavy atom. The van der Waals surface area contributed by atoms with Gasteiger partial charge in [0.15, 0.2) is 18.1 Å². The summed E-state index contributed by atoms with van der Waals surface area (Å²) in [5.74, 6) is 0.658. The molecule has 0 unspecified atom stereocenters. The maximum Gasteiger partial charge on any atom is 0.271 e. The molecular formula is C23H27N3O5. The molecule has 1 fully saturated rings. The lowest BCUT2D eigenvalue weighted by atomic mass is 10.1. The fraction of sp³-hybridized carbons (Fsp3) is 0.348. The monoisotopic (exact) mass is 425 g/mol. The smallest absolute Gasteiger partial charge is 0.271 e. The third kappa shape index (κ3) is 6.47. The predicted molar refractivity (Wildman–Crippen MR) is 117 cm³/mol. The second-order valence-electron chi connectivity index (χ2n) is 7.12. The third-order valence-corrected chi connectivity index (χ3v) is 4.84. The van der Waals surface area contributed by atoms with Crippen LogP contribution in [0.1, 0.15) is 42.1 Å². The van der Waals surface area contributed by atoms with E-state index in [1.165, 1.54) is 30.5 Å². The zero-order chi connectivity index (χ0) is 22.1. The van der Waals surface area contributed by atoms with Crippen LogP contribution in [0.15, 0.2) is 47.6 Å². The van der Waals surface area contributed by atoms with E-state index in [-0.39, 0.29) is 18.3 Å². The Morgan fingerprint density at radius 1 is 1.06 bits per heavy atom. The molecule has 2 N–H and O–H groups in total. The molecule has 1 saturated heterocycles. The van der Waals surface area contributed by atoms with Gasteiger partial charge in [0.1, 0.15) is 5.75 Å². The van der Waals surface area contributed by atoms with Crippen LogP contribution in [0.4, 0.5) is 0 Å². The van der Waals surface area contributed by atoms with Crippen molar-refractivity contribution >= 4 is 18.0 Å². The first-order valence-electron chi connectivity index (χ1n) is 10.4. The number of hydrazone groups is 1. The van der Waals surface area contributed by atoms with E-state index in [4.69, 9.17) is 9.47 Å². The summed E-state index contributed by atoms with van der Waals surface area (Å²) < 4.78 is 11.4. The van der Waals surface area contributed by atoms with Crippen molar-refractivity contribution in [3.8, 4) is 17.2 Å². The lowest BCUT2D eigenvalue weighted by molar-refractivity contribution is -0.134. The Hall–Kier alpha value is -3.55. The molecule has 1 heterocycles. The maximum atomic E-state index is 12.3. The van der Waals surface area contributed by atoms with Crippen molar-refractivity contribution in [1.29, 1.82) is 0 Å². The quantitative estimate of drug-likeness (QED) is 0.500. The number of phenolic OH excluding ortho intramolecular Hbond substituents is 1. The second-order valence-corrected chi connectivity index (χ2v) is 7.12. The van der Waals surface area contributed by atoms with Gasteiger partial charge in [-0.1, -0.05) is 0 Å². The van der Waals surface area contributed by atoms with Crippen LogP contribution in [0.5, 0.6) is 17.2 Å². The zero-order valence-electron chi connectivity index (χ0n) is 17.5. The van der Waals surface area contributed by atoms with E-state index in [1.807, 2.05) is 11.8 Å². The molecule has 0 aromatic heterocycles. The molecular weight excluding hydrogens is 398 g/mol. The van der Waals surface area contributed by atoms with Crippen molar-refractivity contribution in [3.05, 3.63) is 53.6 Å². The highest BCUT2D eigenvalue weighted by Gasteiger charge is 2.17. The number of hydrogen-bond donors (Lipinski definition) is 2. The van der Waals surface area contributed by atoms with Crippen LogP contribution in [0.3, 0.4) is 0 Å². The summed E-state index contributed by atoms with van der Waals surface area (Å²) in [6.07, 6.45) is 4.72. The summed E-state index contributed by atoms with van der Waals surface area (Å²) in [6.45, 7) is 3.84. The number of amides is 2. The van der Waals surface area contributed by atoms with Gasteiger partial charge in [0.25, 0.3) is 11.8 Å². The number of carbonyl (C=O) groups excluding carboxylic acids is 2. The number of hydrogen-bond acceptors (Lipinski definition) is 6. The minimum absolute atomic E-state index is 0.0234. The Bertz CT molecular complexity index is 921. The Labute approximate surface area is 181 Å². The Balaban J connectivity index is 1.59. The van der Waals surface area contributed by atoms with Crippen LogP contribution in [-0.4, -0.2) is 54.3 Å². The first-order chi connectivity index (χ1) is 15.1. The first kappa shape index (κ1) is 22.1. The van der Waals surface area contributed by atoms with Crippen molar-refractivity contribution in [2.45, 2.75) is 26.2 Å². The van der Waals surface area contributed by atoms with Gasteiger partial charge < -0.3 is 19.5 Å². The lowest BCUT2D eigenvalue weighted by Crippen LogP contribution is -2.38. The number of carbonyl (C=O) groups is 2. The largest absolute Gasteiger partial charge is 0.508 e. The van der Waals surface area contributed by atoms with Crippen LogP contribution >= 0.6 is 0 Å². The van der Waals surface area contributed by atoms with Gasteiger partial charge in [0.05, 0.1) is 12.8 Å². The molecule has 2 aromatic rings. The van der Waals surface area contributed by atoms with E-state index < -0.39 is 5.91 Å². The van der Waals surface area contributed by atoms with Crippen molar-refractivity contribution < 1.29 is 24.2 Å². The van der Waals surface area contributed by atoms with E-state index in [2.05, 4.69) is 10.5 Å². The van der Waals surface area contributed by atoms with Crippen LogP contribution < -0.4 is 14.9 Å². The number of piperidine rings is 1. The lowest BCUT2D eigenvalue weighted by Gasteiger charge is -2.26. The topological polar surface area (TPSA) is 100 Å². The molecule has 1 aliphatic rings. The molecule has 0 radical (unpaired) electrons. The summed E-state index contributed by atoms with van der Waals surface area (Å²) in [6, 6.07) is 11.1. The standard InChI is InChI=1S/C23H27N3O5/c1-2-30-21-14-17(15-24-25-23(29)18-7-9-19(27)10-8-18)6-11-20(21)31-16-22(28)26-12-4-3-5-13-26/h6-11,14-15,27H,2-5,12-13,16H2,1H3,(H,25,29)/b24-15+. The zero-order valence-corrected chi connectivity index (χ0v) is 17.5. The van der Waals surface area contributed by atoms with Gasteiger partial charge in [-0.25, -0.2) is 5.43 Å². The van der Waals surface area contributed by atoms with Crippen molar-refractivity contribution in [2.75, 3.05) is 26.3 Å². The highest BCUT2D eigenvalue weighted by molar-refractivity contribution is 5.95. The molecule has 0 aliphatic carbocycles. The number of nitrogens with zero attached hydrogens (tertiary/aromatic N) is 2. The Kier molecular flexibility index (Phi) is 7.86. The van der Waals surface area contributed by atoms with Gasteiger partial charge in [-0.15, -0.1) is 0 Å². The van der Waals surface area contributed by atoms with E-state index in [0.29, 0.717) is 29.2 Å². The van der Waals surface area contributed by atoms with E-state index in [1.54, 1.807) is 18.2 Å². The number of phenols is 1. The molecule has 0 saturated carbocycles. The van der Waals surface area contributed by atoms with Crippen LogP contribution in [0, 0.1) is 0 Å². The fourth-order valence-electron chi connectivity index (χ4n) is 3.21. The molecule has 0 atom stereocenters. The Morgan fingerprint density at radius 3 is 2.52 bits per heavy atom. The van der Waals surface area contributed by atoms with Crippen LogP contribution in [0.2, 0.25) is 0 Å². The first-order valence-corrected chi connectivity index (χ1v) is 10.4. The molecule has 0 spiro atoms. The van der Waals surface area contributed by atoms with Gasteiger partial charge in [0, 0.05) is 18.7 Å². The van der Waals surface area contributed by atoms with Crippen molar-refractivity contribution in [3.63, 3.8) is 0 Å². The minimum Gasteiger partial charge on any atom is -0.508 e. The maximum absolute atomic E-state index is 12.3. The minimum atomic E-state index is -0.391. The normalized spacial score (nSPS) is 13.8. The molecule has 1 aliphatic heterocycles. The second kappa shape index (κ2) is 11.0. The number of aromatic hydroxyl groups is 1. The number of rotatable bonds is 8. The highest BCUT2D eigenvalue weighted by atomic mass is 16.5. The number of likely N-dealkylation sites (tertiary alicyclic amines) is 1. The molecule has 31 heavy (non-hydrogen) atoms. The molecule has 3 rings (SSSR count). The van der Waals surface area contributed by atoms with Gasteiger partial charge in [-0.2, -0.15) is 5.10 Å². The van der Waals surface area contributed by atoms with Gasteiger partial charge in [-0.3, -0.25) is 9.59 Å². The molecule has 2 aromatic carbocycles. The summed E-state index contributed by atoms with van der Waals surface area (Å²) >= 11 is 0. The summed E-state index contributed by atoms with van der Waals surface area (Å²) in [5, 5.41) is 13.2. The van der Waals surface area contributed by atoms with Crippen LogP contribution in [0.25, 0.3) is 0 Å². The van der Waals surface area contributed by atoms with Crippen molar-refractivity contribution in [2.24, 2.45) is 5.10 Å². The average Bonchev–Trinajstić information content (AvgIpc) is 2.79. The third-order valence-electron chi connectivity index (χ3n) is 4.84.